The highest BCUT2D eigenvalue weighted by atomic mass is 35.5. The number of carbonyl (C=O) groups excluding carboxylic acids is 1. The highest BCUT2D eigenvalue weighted by Crippen LogP contribution is 2.15. The van der Waals surface area contributed by atoms with Crippen molar-refractivity contribution in [1.29, 1.82) is 0 Å². The average Bonchev–Trinajstić information content (AvgIpc) is 2.40. The number of nitrogens with two attached hydrogens (primary N) is 1. The van der Waals surface area contributed by atoms with Crippen LogP contribution in [-0.4, -0.2) is 23.0 Å². The third kappa shape index (κ3) is 4.10. The van der Waals surface area contributed by atoms with Crippen LogP contribution in [0.25, 0.3) is 0 Å². The fraction of sp³-hybridized carbons (Fsp3) is 0.333. The van der Waals surface area contributed by atoms with E-state index in [9.17, 15) is 9.18 Å². The molecule has 1 aromatic rings. The number of amidine groups is 1. The van der Waals surface area contributed by atoms with Crippen molar-refractivity contribution in [2.75, 3.05) is 0 Å². The van der Waals surface area contributed by atoms with Crippen LogP contribution < -0.4 is 11.1 Å². The van der Waals surface area contributed by atoms with Gasteiger partial charge in [-0.15, -0.1) is 0 Å². The van der Waals surface area contributed by atoms with Crippen LogP contribution in [0, 0.1) is 5.82 Å². The number of oxime groups is 1. The van der Waals surface area contributed by atoms with Gasteiger partial charge in [0.2, 0.25) is 0 Å². The molecule has 0 heterocycles. The van der Waals surface area contributed by atoms with Crippen LogP contribution in [-0.2, 0) is 0 Å². The van der Waals surface area contributed by atoms with Crippen molar-refractivity contribution >= 4 is 23.3 Å². The Morgan fingerprint density at radius 3 is 2.89 bits per heavy atom. The minimum absolute atomic E-state index is 0.127. The van der Waals surface area contributed by atoms with Crippen LogP contribution in [0.2, 0.25) is 5.02 Å². The molecule has 104 valence electrons. The van der Waals surface area contributed by atoms with Crippen molar-refractivity contribution in [1.82, 2.24) is 5.32 Å². The minimum atomic E-state index is -0.684. The van der Waals surface area contributed by atoms with E-state index in [1.807, 2.05) is 6.92 Å². The van der Waals surface area contributed by atoms with E-state index in [2.05, 4.69) is 10.5 Å². The molecule has 0 fully saturated rings. The number of nitrogens with one attached hydrogen (secondary N) is 1. The maximum atomic E-state index is 13.5. The summed E-state index contributed by atoms with van der Waals surface area (Å²) in [5.74, 6) is -1.47. The van der Waals surface area contributed by atoms with Gasteiger partial charge in [0.05, 0.1) is 11.6 Å². The second-order valence-electron chi connectivity index (χ2n) is 3.96. The van der Waals surface area contributed by atoms with Gasteiger partial charge >= 0.3 is 0 Å². The van der Waals surface area contributed by atoms with E-state index >= 15 is 0 Å². The zero-order valence-corrected chi connectivity index (χ0v) is 11.1. The summed E-state index contributed by atoms with van der Waals surface area (Å²) in [6.07, 6.45) is 1.18. The second kappa shape index (κ2) is 6.94. The lowest BCUT2D eigenvalue weighted by Crippen LogP contribution is -2.44. The molecule has 0 aliphatic rings. The quantitative estimate of drug-likeness (QED) is 0.335. The van der Waals surface area contributed by atoms with Crippen molar-refractivity contribution in [2.45, 2.75) is 25.8 Å². The van der Waals surface area contributed by atoms with Crippen LogP contribution in [0.1, 0.15) is 30.1 Å². The lowest BCUT2D eigenvalue weighted by molar-refractivity contribution is 0.0941. The fourth-order valence-electron chi connectivity index (χ4n) is 1.56. The number of hydrogen-bond donors (Lipinski definition) is 3. The fourth-order valence-corrected chi connectivity index (χ4v) is 1.73. The molecule has 19 heavy (non-hydrogen) atoms. The van der Waals surface area contributed by atoms with Crippen molar-refractivity contribution < 1.29 is 14.4 Å². The van der Waals surface area contributed by atoms with E-state index in [4.69, 9.17) is 22.5 Å². The van der Waals surface area contributed by atoms with Crippen LogP contribution in [0.15, 0.2) is 23.4 Å². The first-order chi connectivity index (χ1) is 8.99. The Balaban J connectivity index is 2.90. The topological polar surface area (TPSA) is 87.7 Å². The van der Waals surface area contributed by atoms with Gasteiger partial charge in [0, 0.05) is 5.02 Å². The monoisotopic (exact) mass is 287 g/mol. The van der Waals surface area contributed by atoms with E-state index in [-0.39, 0.29) is 16.4 Å². The van der Waals surface area contributed by atoms with Crippen LogP contribution in [0.4, 0.5) is 4.39 Å². The lowest BCUT2D eigenvalue weighted by atomic mass is 10.1. The Kier molecular flexibility index (Phi) is 5.57. The molecule has 0 bridgehead atoms. The standard InChI is InChI=1S/C12H15ClFN3O2/c1-2-3-10(11(15)17-19)16-12(18)8-6-7(13)4-5-9(8)14/h4-6,10,19H,2-3H2,1H3,(H2,15,17)(H,16,18). The molecule has 1 atom stereocenters. The number of rotatable bonds is 5. The predicted molar refractivity (Wildman–Crippen MR) is 71.0 cm³/mol. The maximum absolute atomic E-state index is 13.5. The minimum Gasteiger partial charge on any atom is -0.409 e. The molecule has 1 amide bonds. The van der Waals surface area contributed by atoms with Crippen LogP contribution in [0.5, 0.6) is 0 Å². The summed E-state index contributed by atoms with van der Waals surface area (Å²) in [7, 11) is 0. The average molecular weight is 288 g/mol. The second-order valence-corrected chi connectivity index (χ2v) is 4.40. The summed E-state index contributed by atoms with van der Waals surface area (Å²) in [5.41, 5.74) is 5.28. The molecule has 0 aliphatic carbocycles. The van der Waals surface area contributed by atoms with Gasteiger partial charge in [-0.25, -0.2) is 4.39 Å². The zero-order chi connectivity index (χ0) is 14.4. The van der Waals surface area contributed by atoms with Gasteiger partial charge in [-0.2, -0.15) is 0 Å². The Labute approximate surface area is 115 Å². The number of benzene rings is 1. The van der Waals surface area contributed by atoms with Crippen molar-refractivity contribution in [2.24, 2.45) is 10.9 Å². The van der Waals surface area contributed by atoms with Gasteiger partial charge in [-0.1, -0.05) is 30.1 Å². The van der Waals surface area contributed by atoms with Crippen LogP contribution in [0.3, 0.4) is 0 Å². The summed E-state index contributed by atoms with van der Waals surface area (Å²) < 4.78 is 13.5. The van der Waals surface area contributed by atoms with Gasteiger partial charge in [-0.05, 0) is 24.6 Å². The van der Waals surface area contributed by atoms with Crippen molar-refractivity contribution in [3.8, 4) is 0 Å². The Hall–Kier alpha value is -1.82. The molecular weight excluding hydrogens is 273 g/mol. The molecule has 0 saturated carbocycles. The molecule has 7 heteroatoms. The molecule has 0 saturated heterocycles. The summed E-state index contributed by atoms with van der Waals surface area (Å²) in [4.78, 5) is 11.9. The van der Waals surface area contributed by atoms with Crippen LogP contribution >= 0.6 is 11.6 Å². The smallest absolute Gasteiger partial charge is 0.254 e. The highest BCUT2D eigenvalue weighted by molar-refractivity contribution is 6.31. The van der Waals surface area contributed by atoms with E-state index in [1.165, 1.54) is 12.1 Å². The van der Waals surface area contributed by atoms with Gasteiger partial charge in [0.25, 0.3) is 5.91 Å². The third-order valence-corrected chi connectivity index (χ3v) is 2.76. The lowest BCUT2D eigenvalue weighted by Gasteiger charge is -2.16. The van der Waals surface area contributed by atoms with Gasteiger partial charge < -0.3 is 16.3 Å². The van der Waals surface area contributed by atoms with E-state index in [0.717, 1.165) is 6.07 Å². The number of amides is 1. The normalized spacial score (nSPS) is 13.1. The Morgan fingerprint density at radius 1 is 1.63 bits per heavy atom. The number of nitrogens with zero attached hydrogens (tertiary/aromatic N) is 1. The highest BCUT2D eigenvalue weighted by Gasteiger charge is 2.19. The number of carbonyl (C=O) groups is 1. The first-order valence-corrected chi connectivity index (χ1v) is 6.10. The van der Waals surface area contributed by atoms with E-state index < -0.39 is 17.8 Å². The largest absolute Gasteiger partial charge is 0.409 e. The van der Waals surface area contributed by atoms with Crippen molar-refractivity contribution in [3.63, 3.8) is 0 Å². The number of halogens is 2. The summed E-state index contributed by atoms with van der Waals surface area (Å²) >= 11 is 5.71. The third-order valence-electron chi connectivity index (χ3n) is 2.53. The molecule has 0 spiro atoms. The molecular formula is C12H15ClFN3O2. The summed E-state index contributed by atoms with van der Waals surface area (Å²) in [5, 5.41) is 14.2. The SMILES string of the molecule is CCCC(NC(=O)c1cc(Cl)ccc1F)/C(N)=N/O. The molecule has 5 nitrogen and oxygen atoms in total. The van der Waals surface area contributed by atoms with Gasteiger partial charge in [0.15, 0.2) is 5.84 Å². The molecule has 0 aromatic heterocycles. The van der Waals surface area contributed by atoms with Gasteiger partial charge in [0.1, 0.15) is 5.82 Å². The first-order valence-electron chi connectivity index (χ1n) is 5.73. The van der Waals surface area contributed by atoms with Crippen molar-refractivity contribution in [3.05, 3.63) is 34.6 Å². The molecule has 0 radical (unpaired) electrons. The Bertz CT molecular complexity index is 494. The summed E-state index contributed by atoms with van der Waals surface area (Å²) in [6, 6.07) is 3.03. The molecule has 4 N–H and O–H groups in total. The van der Waals surface area contributed by atoms with E-state index in [1.54, 1.807) is 0 Å². The Morgan fingerprint density at radius 2 is 2.32 bits per heavy atom. The maximum Gasteiger partial charge on any atom is 0.254 e. The van der Waals surface area contributed by atoms with Gasteiger partial charge in [-0.3, -0.25) is 4.79 Å². The van der Waals surface area contributed by atoms with E-state index in [0.29, 0.717) is 12.8 Å². The zero-order valence-electron chi connectivity index (χ0n) is 10.4. The molecule has 1 unspecified atom stereocenters. The number of hydrogen-bond acceptors (Lipinski definition) is 3. The molecule has 1 aromatic carbocycles. The first kappa shape index (κ1) is 15.2. The molecule has 0 aliphatic heterocycles. The summed E-state index contributed by atoms with van der Waals surface area (Å²) in [6.45, 7) is 1.88. The molecule has 1 rings (SSSR count). The predicted octanol–water partition coefficient (Wildman–Crippen LogP) is 2.12.